The average molecular weight is 470 g/mol. The molecule has 0 radical (unpaired) electrons. The van der Waals surface area contributed by atoms with E-state index in [1.165, 1.54) is 30.6 Å². The van der Waals surface area contributed by atoms with Crippen molar-refractivity contribution >= 4 is 52.3 Å². The van der Waals surface area contributed by atoms with E-state index in [4.69, 9.17) is 27.9 Å². The van der Waals surface area contributed by atoms with Crippen LogP contribution in [0.25, 0.3) is 0 Å². The number of rotatable bonds is 4. The molecule has 4 unspecified atom stereocenters. The van der Waals surface area contributed by atoms with Gasteiger partial charge in [-0.15, -0.1) is 11.8 Å². The number of fused-ring (bicyclic) bond motifs is 6. The molecular weight excluding hydrogens is 449 g/mol. The number of ether oxygens (including phenoxy) is 1. The predicted octanol–water partition coefficient (Wildman–Crippen LogP) is 5.43. The largest absolute Gasteiger partial charge is 0.465 e. The zero-order chi connectivity index (χ0) is 20.3. The molecule has 5 rings (SSSR count). The summed E-state index contributed by atoms with van der Waals surface area (Å²) in [6, 6.07) is 5.78. The van der Waals surface area contributed by atoms with Gasteiger partial charge in [-0.1, -0.05) is 46.7 Å². The smallest absolute Gasteiger partial charge is 0.326 e. The number of hydrogen-bond donors (Lipinski definition) is 0. The maximum atomic E-state index is 12.9. The van der Waals surface area contributed by atoms with Gasteiger partial charge >= 0.3 is 10.8 Å². The molecule has 2 heterocycles. The summed E-state index contributed by atoms with van der Waals surface area (Å²) >= 11 is 16.1. The SMILES string of the molecule is CCOC(=O)Cn1c2c(sc1=O)[C@H](c1cccc(Cl)c1Cl)C1C3CCC(C3)C1S2. The molecule has 4 nitrogen and oxygen atoms in total. The number of hydrogen-bond acceptors (Lipinski definition) is 5. The first kappa shape index (κ1) is 20.0. The van der Waals surface area contributed by atoms with Crippen LogP contribution in [0.2, 0.25) is 10.0 Å². The molecule has 0 spiro atoms. The van der Waals surface area contributed by atoms with Crippen molar-refractivity contribution in [1.82, 2.24) is 4.57 Å². The van der Waals surface area contributed by atoms with Crippen LogP contribution in [0.3, 0.4) is 0 Å². The van der Waals surface area contributed by atoms with Crippen LogP contribution in [-0.2, 0) is 16.1 Å². The normalized spacial score (nSPS) is 29.6. The van der Waals surface area contributed by atoms with Crippen LogP contribution in [0.15, 0.2) is 28.0 Å². The minimum atomic E-state index is -0.372. The summed E-state index contributed by atoms with van der Waals surface area (Å²) in [5.74, 6) is 1.45. The maximum Gasteiger partial charge on any atom is 0.326 e. The first-order valence-electron chi connectivity index (χ1n) is 9.99. The van der Waals surface area contributed by atoms with Gasteiger partial charge in [-0.3, -0.25) is 14.2 Å². The third-order valence-electron chi connectivity index (χ3n) is 6.60. The second-order valence-electron chi connectivity index (χ2n) is 8.04. The first-order chi connectivity index (χ1) is 14.0. The average Bonchev–Trinajstić information content (AvgIpc) is 3.38. The standard InChI is InChI=1S/C21H21Cl2NO3S2/c1-2-27-14(25)9-24-20-19(29-21(24)26)16(12-4-3-5-13(22)17(12)23)15-10-6-7-11(8-10)18(15)28-20/h3-5,10-11,15-16,18H,2,6-9H2,1H3/t10?,11?,15?,16-,18?/m1/s1. The van der Waals surface area contributed by atoms with Crippen molar-refractivity contribution in [2.75, 3.05) is 6.61 Å². The van der Waals surface area contributed by atoms with Crippen LogP contribution in [0, 0.1) is 17.8 Å². The van der Waals surface area contributed by atoms with Gasteiger partial charge in [-0.05, 0) is 55.6 Å². The number of aromatic nitrogens is 1. The van der Waals surface area contributed by atoms with Crippen LogP contribution < -0.4 is 4.87 Å². The molecule has 2 saturated carbocycles. The van der Waals surface area contributed by atoms with E-state index in [-0.39, 0.29) is 23.3 Å². The van der Waals surface area contributed by atoms with Crippen LogP contribution in [0.4, 0.5) is 0 Å². The predicted molar refractivity (Wildman–Crippen MR) is 117 cm³/mol. The van der Waals surface area contributed by atoms with Gasteiger partial charge in [-0.2, -0.15) is 0 Å². The highest BCUT2D eigenvalue weighted by molar-refractivity contribution is 8.00. The Morgan fingerprint density at radius 3 is 2.86 bits per heavy atom. The number of esters is 1. The van der Waals surface area contributed by atoms with Gasteiger partial charge in [0.1, 0.15) is 6.54 Å². The summed E-state index contributed by atoms with van der Waals surface area (Å²) in [5, 5.41) is 2.49. The quantitative estimate of drug-likeness (QED) is 0.559. The van der Waals surface area contributed by atoms with Crippen LogP contribution in [0.5, 0.6) is 0 Å². The molecule has 8 heteroatoms. The number of halogens is 2. The lowest BCUT2D eigenvalue weighted by Gasteiger charge is -2.40. The highest BCUT2D eigenvalue weighted by Gasteiger charge is 2.55. The second kappa shape index (κ2) is 7.63. The van der Waals surface area contributed by atoms with Gasteiger partial charge in [0.25, 0.3) is 0 Å². The topological polar surface area (TPSA) is 48.3 Å². The number of carbonyl (C=O) groups excluding carboxylic acids is 1. The molecule has 3 aliphatic rings. The van der Waals surface area contributed by atoms with E-state index in [0.29, 0.717) is 39.7 Å². The second-order valence-corrected chi connectivity index (χ2v) is 11.0. The molecule has 2 aliphatic carbocycles. The Morgan fingerprint density at radius 1 is 1.28 bits per heavy atom. The number of thiazole rings is 1. The molecule has 154 valence electrons. The monoisotopic (exact) mass is 469 g/mol. The number of thioether (sulfide) groups is 1. The van der Waals surface area contributed by atoms with Crippen molar-refractivity contribution < 1.29 is 9.53 Å². The fourth-order valence-electron chi connectivity index (χ4n) is 5.53. The van der Waals surface area contributed by atoms with Crippen LogP contribution in [-0.4, -0.2) is 22.4 Å². The lowest BCUT2D eigenvalue weighted by atomic mass is 9.75. The Labute approximate surface area is 187 Å². The van der Waals surface area contributed by atoms with Crippen molar-refractivity contribution in [3.05, 3.63) is 48.4 Å². The maximum absolute atomic E-state index is 12.9. The summed E-state index contributed by atoms with van der Waals surface area (Å²) in [5.41, 5.74) is 1.01. The number of carbonyl (C=O) groups is 1. The molecule has 5 atom stereocenters. The molecule has 2 bridgehead atoms. The number of nitrogens with zero attached hydrogens (tertiary/aromatic N) is 1. The van der Waals surface area contributed by atoms with E-state index < -0.39 is 0 Å². The Balaban J connectivity index is 1.65. The molecule has 1 aliphatic heterocycles. The van der Waals surface area contributed by atoms with E-state index in [0.717, 1.165) is 15.5 Å². The van der Waals surface area contributed by atoms with Crippen LogP contribution >= 0.6 is 46.3 Å². The summed E-state index contributed by atoms with van der Waals surface area (Å²) in [7, 11) is 0. The zero-order valence-corrected chi connectivity index (χ0v) is 19.0. The van der Waals surface area contributed by atoms with E-state index >= 15 is 0 Å². The van der Waals surface area contributed by atoms with Gasteiger partial charge in [0.2, 0.25) is 0 Å². The Bertz CT molecular complexity index is 1030. The fourth-order valence-corrected chi connectivity index (χ4v) is 9.10. The minimum Gasteiger partial charge on any atom is -0.465 e. The molecule has 1 aromatic carbocycles. The highest BCUT2D eigenvalue weighted by atomic mass is 35.5. The summed E-state index contributed by atoms with van der Waals surface area (Å²) < 4.78 is 6.71. The molecule has 0 saturated heterocycles. The minimum absolute atomic E-state index is 0.0347. The van der Waals surface area contributed by atoms with Gasteiger partial charge in [0, 0.05) is 16.0 Å². The number of benzene rings is 1. The van der Waals surface area contributed by atoms with Crippen molar-refractivity contribution in [2.24, 2.45) is 17.8 Å². The fraction of sp³-hybridized carbons (Fsp3) is 0.524. The third kappa shape index (κ3) is 3.18. The van der Waals surface area contributed by atoms with Gasteiger partial charge in [0.05, 0.1) is 21.7 Å². The van der Waals surface area contributed by atoms with E-state index in [9.17, 15) is 9.59 Å². The zero-order valence-electron chi connectivity index (χ0n) is 15.9. The molecule has 2 aromatic rings. The Hall–Kier alpha value is -0.950. The first-order valence-corrected chi connectivity index (χ1v) is 12.4. The molecule has 2 fully saturated rings. The lowest BCUT2D eigenvalue weighted by Crippen LogP contribution is -2.34. The van der Waals surface area contributed by atoms with E-state index in [1.54, 1.807) is 29.3 Å². The molecular formula is C21H21Cl2NO3S2. The van der Waals surface area contributed by atoms with Crippen LogP contribution in [0.1, 0.15) is 42.5 Å². The van der Waals surface area contributed by atoms with Crippen molar-refractivity contribution in [1.29, 1.82) is 0 Å². The Kier molecular flexibility index (Phi) is 5.26. The summed E-state index contributed by atoms with van der Waals surface area (Å²) in [6.45, 7) is 2.05. The van der Waals surface area contributed by atoms with Crippen molar-refractivity contribution in [2.45, 2.75) is 48.9 Å². The third-order valence-corrected chi connectivity index (χ3v) is 10.3. The summed E-state index contributed by atoms with van der Waals surface area (Å²) in [4.78, 5) is 25.9. The van der Waals surface area contributed by atoms with Crippen molar-refractivity contribution in [3.63, 3.8) is 0 Å². The molecule has 1 aromatic heterocycles. The molecule has 0 N–H and O–H groups in total. The Morgan fingerprint density at radius 2 is 2.07 bits per heavy atom. The van der Waals surface area contributed by atoms with Gasteiger partial charge < -0.3 is 4.74 Å². The molecule has 29 heavy (non-hydrogen) atoms. The van der Waals surface area contributed by atoms with Crippen molar-refractivity contribution in [3.8, 4) is 0 Å². The van der Waals surface area contributed by atoms with E-state index in [2.05, 4.69) is 0 Å². The highest BCUT2D eigenvalue weighted by Crippen LogP contribution is 2.64. The lowest BCUT2D eigenvalue weighted by molar-refractivity contribution is -0.144. The van der Waals surface area contributed by atoms with Gasteiger partial charge in [-0.25, -0.2) is 0 Å². The summed E-state index contributed by atoms with van der Waals surface area (Å²) in [6.07, 6.45) is 3.74. The van der Waals surface area contributed by atoms with E-state index in [1.807, 2.05) is 12.1 Å². The van der Waals surface area contributed by atoms with Gasteiger partial charge in [0.15, 0.2) is 0 Å². The molecule has 0 amide bonds.